The highest BCUT2D eigenvalue weighted by Crippen LogP contribution is 2.22. The molecule has 2 aromatic rings. The Bertz CT molecular complexity index is 788. The van der Waals surface area contributed by atoms with E-state index < -0.39 is 4.92 Å². The molecule has 0 saturated heterocycles. The fourth-order valence-electron chi connectivity index (χ4n) is 2.52. The topological polar surface area (TPSA) is 93.5 Å². The van der Waals surface area contributed by atoms with E-state index in [4.69, 9.17) is 4.74 Å². The molecular formula is C20H25N3O4. The molecule has 0 radical (unpaired) electrons. The predicted molar refractivity (Wildman–Crippen MR) is 106 cm³/mol. The number of nitrogens with one attached hydrogen (secondary N) is 2. The normalized spacial score (nSPS) is 10.5. The molecule has 27 heavy (non-hydrogen) atoms. The van der Waals surface area contributed by atoms with Gasteiger partial charge in [0, 0.05) is 36.5 Å². The maximum atomic E-state index is 12.1. The zero-order chi connectivity index (χ0) is 19.8. The van der Waals surface area contributed by atoms with E-state index in [1.54, 1.807) is 12.1 Å². The molecule has 0 bridgehead atoms. The van der Waals surface area contributed by atoms with Gasteiger partial charge in [0.05, 0.1) is 11.0 Å². The van der Waals surface area contributed by atoms with Gasteiger partial charge in [-0.25, -0.2) is 0 Å². The molecule has 0 unspecified atom stereocenters. The van der Waals surface area contributed by atoms with Gasteiger partial charge in [0.15, 0.2) is 0 Å². The Morgan fingerprint density at radius 1 is 1.19 bits per heavy atom. The number of non-ortho nitro benzene ring substituents is 1. The van der Waals surface area contributed by atoms with Crippen LogP contribution in [0.1, 0.15) is 32.3 Å². The number of hydrogen-bond donors (Lipinski definition) is 2. The van der Waals surface area contributed by atoms with Gasteiger partial charge in [-0.3, -0.25) is 14.9 Å². The van der Waals surface area contributed by atoms with Gasteiger partial charge < -0.3 is 15.4 Å². The monoisotopic (exact) mass is 371 g/mol. The molecule has 2 aromatic carbocycles. The minimum Gasteiger partial charge on any atom is -0.491 e. The van der Waals surface area contributed by atoms with E-state index in [0.717, 1.165) is 22.7 Å². The standard InChI is InChI=1S/C20H25N3O4/c1-14(2)27-18-10-11-19(15(3)13-18)22-20(24)5-4-12-21-16-6-8-17(9-7-16)23(25)26/h6-11,13-14,21H,4-5,12H2,1-3H3,(H,22,24). The summed E-state index contributed by atoms with van der Waals surface area (Å²) >= 11 is 0. The first-order valence-corrected chi connectivity index (χ1v) is 8.90. The van der Waals surface area contributed by atoms with E-state index in [-0.39, 0.29) is 17.7 Å². The highest BCUT2D eigenvalue weighted by atomic mass is 16.6. The van der Waals surface area contributed by atoms with Gasteiger partial charge in [-0.1, -0.05) is 0 Å². The Morgan fingerprint density at radius 3 is 2.48 bits per heavy atom. The molecule has 0 aliphatic rings. The second-order valence-corrected chi connectivity index (χ2v) is 6.53. The maximum Gasteiger partial charge on any atom is 0.269 e. The third-order valence-electron chi connectivity index (χ3n) is 3.83. The highest BCUT2D eigenvalue weighted by molar-refractivity contribution is 5.91. The average Bonchev–Trinajstić information content (AvgIpc) is 2.61. The van der Waals surface area contributed by atoms with Crippen LogP contribution in [0.5, 0.6) is 5.75 Å². The van der Waals surface area contributed by atoms with Crippen LogP contribution in [-0.2, 0) is 4.79 Å². The molecule has 0 spiro atoms. The Morgan fingerprint density at radius 2 is 1.89 bits per heavy atom. The van der Waals surface area contributed by atoms with Gasteiger partial charge in [0.25, 0.3) is 5.69 Å². The van der Waals surface area contributed by atoms with Crippen molar-refractivity contribution in [2.75, 3.05) is 17.2 Å². The SMILES string of the molecule is Cc1cc(OC(C)C)ccc1NC(=O)CCCNc1ccc([N+](=O)[O-])cc1. The lowest BCUT2D eigenvalue weighted by Crippen LogP contribution is -2.14. The zero-order valence-electron chi connectivity index (χ0n) is 15.8. The molecule has 0 atom stereocenters. The molecule has 1 amide bonds. The smallest absolute Gasteiger partial charge is 0.269 e. The Balaban J connectivity index is 1.75. The lowest BCUT2D eigenvalue weighted by atomic mass is 10.1. The maximum absolute atomic E-state index is 12.1. The third kappa shape index (κ3) is 6.62. The molecule has 7 nitrogen and oxygen atoms in total. The number of aryl methyl sites for hydroxylation is 1. The first kappa shape index (κ1) is 20.2. The summed E-state index contributed by atoms with van der Waals surface area (Å²) in [5, 5.41) is 16.7. The number of carbonyl (C=O) groups is 1. The van der Waals surface area contributed by atoms with Gasteiger partial charge in [-0.2, -0.15) is 0 Å². The average molecular weight is 371 g/mol. The van der Waals surface area contributed by atoms with E-state index in [0.29, 0.717) is 19.4 Å². The Hall–Kier alpha value is -3.09. The molecule has 2 rings (SSSR count). The summed E-state index contributed by atoms with van der Waals surface area (Å²) in [6, 6.07) is 11.8. The molecule has 0 aliphatic carbocycles. The van der Waals surface area contributed by atoms with Crippen molar-refractivity contribution in [2.24, 2.45) is 0 Å². The summed E-state index contributed by atoms with van der Waals surface area (Å²) in [7, 11) is 0. The molecule has 0 aromatic heterocycles. The number of benzene rings is 2. The molecular weight excluding hydrogens is 346 g/mol. The van der Waals surface area contributed by atoms with Crippen LogP contribution >= 0.6 is 0 Å². The quantitative estimate of drug-likeness (QED) is 0.384. The van der Waals surface area contributed by atoms with Crippen molar-refractivity contribution < 1.29 is 14.5 Å². The number of ether oxygens (including phenoxy) is 1. The fourth-order valence-corrected chi connectivity index (χ4v) is 2.52. The van der Waals surface area contributed by atoms with E-state index in [2.05, 4.69) is 10.6 Å². The number of carbonyl (C=O) groups excluding carboxylic acids is 1. The van der Waals surface area contributed by atoms with Crippen molar-refractivity contribution in [2.45, 2.75) is 39.7 Å². The second-order valence-electron chi connectivity index (χ2n) is 6.53. The van der Waals surface area contributed by atoms with Crippen LogP contribution in [0.2, 0.25) is 0 Å². The molecule has 0 aliphatic heterocycles. The van der Waals surface area contributed by atoms with E-state index in [1.165, 1.54) is 12.1 Å². The lowest BCUT2D eigenvalue weighted by molar-refractivity contribution is -0.384. The van der Waals surface area contributed by atoms with Crippen molar-refractivity contribution in [3.05, 3.63) is 58.1 Å². The zero-order valence-corrected chi connectivity index (χ0v) is 15.8. The third-order valence-corrected chi connectivity index (χ3v) is 3.83. The molecule has 0 heterocycles. The van der Waals surface area contributed by atoms with Gasteiger partial charge in [-0.05, 0) is 63.1 Å². The van der Waals surface area contributed by atoms with Crippen LogP contribution in [0.4, 0.5) is 17.1 Å². The summed E-state index contributed by atoms with van der Waals surface area (Å²) in [5.41, 5.74) is 2.57. The summed E-state index contributed by atoms with van der Waals surface area (Å²) in [5.74, 6) is 0.730. The predicted octanol–water partition coefficient (Wildman–Crippen LogP) is 4.52. The minimum atomic E-state index is -0.433. The van der Waals surface area contributed by atoms with Gasteiger partial charge >= 0.3 is 0 Å². The van der Waals surface area contributed by atoms with Crippen LogP contribution in [0.3, 0.4) is 0 Å². The highest BCUT2D eigenvalue weighted by Gasteiger charge is 2.07. The van der Waals surface area contributed by atoms with Crippen LogP contribution < -0.4 is 15.4 Å². The first-order chi connectivity index (χ1) is 12.8. The molecule has 0 fully saturated rings. The number of nitro groups is 1. The first-order valence-electron chi connectivity index (χ1n) is 8.90. The van der Waals surface area contributed by atoms with Crippen molar-refractivity contribution in [1.82, 2.24) is 0 Å². The van der Waals surface area contributed by atoms with E-state index >= 15 is 0 Å². The van der Waals surface area contributed by atoms with E-state index in [1.807, 2.05) is 39.0 Å². The largest absolute Gasteiger partial charge is 0.491 e. The van der Waals surface area contributed by atoms with Crippen LogP contribution in [-0.4, -0.2) is 23.5 Å². The summed E-state index contributed by atoms with van der Waals surface area (Å²) in [4.78, 5) is 22.3. The van der Waals surface area contributed by atoms with Gasteiger partial charge in [0.1, 0.15) is 5.75 Å². The number of amides is 1. The lowest BCUT2D eigenvalue weighted by Gasteiger charge is -2.13. The Labute approximate surface area is 158 Å². The fraction of sp³-hybridized carbons (Fsp3) is 0.350. The number of rotatable bonds is 9. The summed E-state index contributed by atoms with van der Waals surface area (Å²) < 4.78 is 5.64. The van der Waals surface area contributed by atoms with Crippen LogP contribution in [0.15, 0.2) is 42.5 Å². The second kappa shape index (κ2) is 9.56. The van der Waals surface area contributed by atoms with Gasteiger partial charge in [-0.15, -0.1) is 0 Å². The van der Waals surface area contributed by atoms with Crippen LogP contribution in [0, 0.1) is 17.0 Å². The van der Waals surface area contributed by atoms with Crippen molar-refractivity contribution in [3.8, 4) is 5.75 Å². The number of hydrogen-bond acceptors (Lipinski definition) is 5. The van der Waals surface area contributed by atoms with Crippen molar-refractivity contribution >= 4 is 23.0 Å². The van der Waals surface area contributed by atoms with Crippen molar-refractivity contribution in [1.29, 1.82) is 0 Å². The number of anilines is 2. The number of nitro benzene ring substituents is 1. The molecule has 0 saturated carbocycles. The summed E-state index contributed by atoms with van der Waals surface area (Å²) in [6.07, 6.45) is 1.13. The van der Waals surface area contributed by atoms with Crippen molar-refractivity contribution in [3.63, 3.8) is 0 Å². The van der Waals surface area contributed by atoms with E-state index in [9.17, 15) is 14.9 Å². The van der Waals surface area contributed by atoms with Gasteiger partial charge in [0.2, 0.25) is 5.91 Å². The molecule has 2 N–H and O–H groups in total. The Kier molecular flexibility index (Phi) is 7.16. The van der Waals surface area contributed by atoms with Crippen LogP contribution in [0.25, 0.3) is 0 Å². The molecule has 144 valence electrons. The number of nitrogens with zero attached hydrogens (tertiary/aromatic N) is 1. The minimum absolute atomic E-state index is 0.0545. The molecule has 7 heteroatoms. The summed E-state index contributed by atoms with van der Waals surface area (Å²) in [6.45, 7) is 6.47.